The molecule has 20 heavy (non-hydrogen) atoms. The van der Waals surface area contributed by atoms with E-state index in [4.69, 9.17) is 16.2 Å². The first kappa shape index (κ1) is 14.1. The number of rotatable bonds is 3. The van der Waals surface area contributed by atoms with Crippen molar-refractivity contribution in [2.45, 2.75) is 12.1 Å². The third-order valence-corrected chi connectivity index (χ3v) is 3.39. The van der Waals surface area contributed by atoms with E-state index in [1.54, 1.807) is 25.3 Å². The van der Waals surface area contributed by atoms with E-state index in [1.807, 2.05) is 6.07 Å². The quantitative estimate of drug-likeness (QED) is 0.697. The summed E-state index contributed by atoms with van der Waals surface area (Å²) < 4.78 is 5.17. The highest BCUT2D eigenvalue weighted by Gasteiger charge is 2.37. The Morgan fingerprint density at radius 2 is 2.15 bits per heavy atom. The van der Waals surface area contributed by atoms with Crippen LogP contribution in [0, 0.1) is 0 Å². The van der Waals surface area contributed by atoms with Gasteiger partial charge in [0.05, 0.1) is 13.2 Å². The standard InChI is InChI=1S/C13H18N4O3/c1-20-9-4-2-3-8(7-9)11-10(12(14)18)16-5-6-17(11)13(15)19/h2-4,7,10-11,16H,5-6H2,1H3,(H2,14,18)(H2,15,19). The summed E-state index contributed by atoms with van der Waals surface area (Å²) in [5, 5.41) is 3.02. The third-order valence-electron chi connectivity index (χ3n) is 3.39. The topological polar surface area (TPSA) is 111 Å². The maximum absolute atomic E-state index is 11.6. The van der Waals surface area contributed by atoms with Crippen molar-refractivity contribution in [1.29, 1.82) is 0 Å². The monoisotopic (exact) mass is 278 g/mol. The van der Waals surface area contributed by atoms with E-state index in [1.165, 1.54) is 4.90 Å². The first-order chi connectivity index (χ1) is 9.54. The number of urea groups is 1. The van der Waals surface area contributed by atoms with Crippen LogP contribution in [0.4, 0.5) is 4.79 Å². The molecular weight excluding hydrogens is 260 g/mol. The van der Waals surface area contributed by atoms with Gasteiger partial charge in [-0.15, -0.1) is 0 Å². The fourth-order valence-electron chi connectivity index (χ4n) is 2.47. The number of primary amides is 2. The minimum atomic E-state index is -0.677. The molecule has 0 spiro atoms. The van der Waals surface area contributed by atoms with E-state index in [0.717, 1.165) is 5.56 Å². The number of nitrogens with one attached hydrogen (secondary N) is 1. The lowest BCUT2D eigenvalue weighted by Gasteiger charge is -2.40. The zero-order chi connectivity index (χ0) is 14.7. The van der Waals surface area contributed by atoms with Crippen molar-refractivity contribution in [2.75, 3.05) is 20.2 Å². The molecule has 1 heterocycles. The van der Waals surface area contributed by atoms with Crippen molar-refractivity contribution in [3.63, 3.8) is 0 Å². The molecule has 1 aliphatic rings. The lowest BCUT2D eigenvalue weighted by Crippen LogP contribution is -2.60. The van der Waals surface area contributed by atoms with Crippen molar-refractivity contribution < 1.29 is 14.3 Å². The number of hydrogen-bond donors (Lipinski definition) is 3. The second-order valence-electron chi connectivity index (χ2n) is 4.59. The number of ether oxygens (including phenoxy) is 1. The van der Waals surface area contributed by atoms with E-state index in [0.29, 0.717) is 18.8 Å². The van der Waals surface area contributed by atoms with Crippen LogP contribution >= 0.6 is 0 Å². The maximum atomic E-state index is 11.6. The lowest BCUT2D eigenvalue weighted by molar-refractivity contribution is -0.122. The largest absolute Gasteiger partial charge is 0.497 e. The fraction of sp³-hybridized carbons (Fsp3) is 0.385. The number of benzene rings is 1. The first-order valence-corrected chi connectivity index (χ1v) is 6.27. The summed E-state index contributed by atoms with van der Waals surface area (Å²) in [6, 6.07) is 5.37. The van der Waals surface area contributed by atoms with Crippen molar-refractivity contribution >= 4 is 11.9 Å². The Morgan fingerprint density at radius 3 is 2.75 bits per heavy atom. The molecule has 5 N–H and O–H groups in total. The molecular formula is C13H18N4O3. The lowest BCUT2D eigenvalue weighted by atomic mass is 9.95. The second-order valence-corrected chi connectivity index (χ2v) is 4.59. The van der Waals surface area contributed by atoms with Crippen LogP contribution in [0.15, 0.2) is 24.3 Å². The summed E-state index contributed by atoms with van der Waals surface area (Å²) in [6.45, 7) is 0.887. The Kier molecular flexibility index (Phi) is 4.09. The second kappa shape index (κ2) is 5.79. The van der Waals surface area contributed by atoms with Gasteiger partial charge in [-0.05, 0) is 17.7 Å². The molecule has 0 radical (unpaired) electrons. The van der Waals surface area contributed by atoms with E-state index >= 15 is 0 Å². The van der Waals surface area contributed by atoms with Gasteiger partial charge in [0, 0.05) is 13.1 Å². The van der Waals surface area contributed by atoms with Crippen LogP contribution in [-0.2, 0) is 4.79 Å². The first-order valence-electron chi connectivity index (χ1n) is 6.27. The zero-order valence-corrected chi connectivity index (χ0v) is 11.2. The summed E-state index contributed by atoms with van der Waals surface area (Å²) in [5.74, 6) is 0.115. The minimum absolute atomic E-state index is 0.418. The molecule has 1 aromatic rings. The number of amides is 3. The Balaban J connectivity index is 2.42. The molecule has 2 unspecified atom stereocenters. The van der Waals surface area contributed by atoms with Crippen LogP contribution in [0.3, 0.4) is 0 Å². The van der Waals surface area contributed by atoms with Gasteiger partial charge in [0.25, 0.3) is 0 Å². The summed E-state index contributed by atoms with van der Waals surface area (Å²) in [4.78, 5) is 24.7. The van der Waals surface area contributed by atoms with Gasteiger partial charge in [0.2, 0.25) is 5.91 Å². The Bertz CT molecular complexity index is 498. The third kappa shape index (κ3) is 2.67. The fourth-order valence-corrected chi connectivity index (χ4v) is 2.47. The molecule has 2 atom stereocenters. The van der Waals surface area contributed by atoms with Crippen LogP contribution in [0.1, 0.15) is 11.6 Å². The Labute approximate surface area is 116 Å². The number of piperazine rings is 1. The van der Waals surface area contributed by atoms with Crippen LogP contribution in [0.25, 0.3) is 0 Å². The van der Waals surface area contributed by atoms with Gasteiger partial charge in [-0.1, -0.05) is 12.1 Å². The molecule has 7 nitrogen and oxygen atoms in total. The van der Waals surface area contributed by atoms with Gasteiger partial charge in [-0.2, -0.15) is 0 Å². The summed E-state index contributed by atoms with van der Waals surface area (Å²) >= 11 is 0. The Hall–Kier alpha value is -2.28. The van der Waals surface area contributed by atoms with Gasteiger partial charge in [-0.25, -0.2) is 4.79 Å². The molecule has 1 aromatic carbocycles. The average Bonchev–Trinajstić information content (AvgIpc) is 2.46. The number of nitrogens with two attached hydrogens (primary N) is 2. The molecule has 1 fully saturated rings. The van der Waals surface area contributed by atoms with E-state index < -0.39 is 24.0 Å². The molecule has 1 saturated heterocycles. The van der Waals surface area contributed by atoms with E-state index in [9.17, 15) is 9.59 Å². The maximum Gasteiger partial charge on any atom is 0.315 e. The summed E-state index contributed by atoms with van der Waals surface area (Å²) in [6.07, 6.45) is 0. The normalized spacial score (nSPS) is 22.4. The van der Waals surface area contributed by atoms with Gasteiger partial charge < -0.3 is 26.4 Å². The van der Waals surface area contributed by atoms with Gasteiger partial charge in [-0.3, -0.25) is 4.79 Å². The SMILES string of the molecule is COc1cccc(C2C(C(N)=O)NCCN2C(N)=O)c1. The summed E-state index contributed by atoms with van der Waals surface area (Å²) in [5.41, 5.74) is 11.6. The molecule has 0 aromatic heterocycles. The smallest absolute Gasteiger partial charge is 0.315 e. The van der Waals surface area contributed by atoms with Crippen molar-refractivity contribution in [2.24, 2.45) is 11.5 Å². The van der Waals surface area contributed by atoms with Crippen LogP contribution in [0.5, 0.6) is 5.75 Å². The molecule has 0 bridgehead atoms. The summed E-state index contributed by atoms with van der Waals surface area (Å²) in [7, 11) is 1.55. The van der Waals surface area contributed by atoms with Gasteiger partial charge >= 0.3 is 6.03 Å². The molecule has 0 aliphatic carbocycles. The molecule has 108 valence electrons. The number of carbonyl (C=O) groups excluding carboxylic acids is 2. The highest BCUT2D eigenvalue weighted by molar-refractivity contribution is 5.83. The van der Waals surface area contributed by atoms with E-state index in [-0.39, 0.29) is 0 Å². The predicted molar refractivity (Wildman–Crippen MR) is 73.0 cm³/mol. The van der Waals surface area contributed by atoms with Crippen molar-refractivity contribution in [3.05, 3.63) is 29.8 Å². The minimum Gasteiger partial charge on any atom is -0.497 e. The van der Waals surface area contributed by atoms with Crippen molar-refractivity contribution in [3.8, 4) is 5.75 Å². The molecule has 7 heteroatoms. The molecule has 1 aliphatic heterocycles. The van der Waals surface area contributed by atoms with Gasteiger partial charge in [0.15, 0.2) is 0 Å². The van der Waals surface area contributed by atoms with Crippen LogP contribution < -0.4 is 21.5 Å². The molecule has 0 saturated carbocycles. The van der Waals surface area contributed by atoms with E-state index in [2.05, 4.69) is 5.32 Å². The number of carbonyl (C=O) groups is 2. The number of hydrogen-bond acceptors (Lipinski definition) is 4. The molecule has 2 rings (SSSR count). The Morgan fingerprint density at radius 1 is 1.40 bits per heavy atom. The van der Waals surface area contributed by atoms with Crippen molar-refractivity contribution in [1.82, 2.24) is 10.2 Å². The number of nitrogens with zero attached hydrogens (tertiary/aromatic N) is 1. The van der Waals surface area contributed by atoms with Crippen LogP contribution in [-0.4, -0.2) is 43.1 Å². The number of methoxy groups -OCH3 is 1. The average molecular weight is 278 g/mol. The predicted octanol–water partition coefficient (Wildman–Crippen LogP) is -0.426. The highest BCUT2D eigenvalue weighted by Crippen LogP contribution is 2.29. The van der Waals surface area contributed by atoms with Gasteiger partial charge in [0.1, 0.15) is 11.8 Å². The molecule has 3 amide bonds. The zero-order valence-electron chi connectivity index (χ0n) is 11.2. The van der Waals surface area contributed by atoms with Crippen LogP contribution in [0.2, 0.25) is 0 Å². The highest BCUT2D eigenvalue weighted by atomic mass is 16.5.